The predicted octanol–water partition coefficient (Wildman–Crippen LogP) is 3.17. The van der Waals surface area contributed by atoms with Gasteiger partial charge in [0.25, 0.3) is 0 Å². The van der Waals surface area contributed by atoms with Gasteiger partial charge in [0.05, 0.1) is 10.2 Å². The van der Waals surface area contributed by atoms with Crippen molar-refractivity contribution in [3.63, 3.8) is 0 Å². The molecule has 0 saturated carbocycles. The van der Waals surface area contributed by atoms with E-state index in [1.165, 1.54) is 0 Å². The molecule has 6 nitrogen and oxygen atoms in total. The van der Waals surface area contributed by atoms with E-state index in [1.54, 1.807) is 14.2 Å². The molecule has 202 valence electrons. The van der Waals surface area contributed by atoms with Crippen molar-refractivity contribution in [2.75, 3.05) is 34.0 Å². The Balaban J connectivity index is 0.000000361. The van der Waals surface area contributed by atoms with Crippen molar-refractivity contribution in [3.05, 3.63) is 60.7 Å². The molecular weight excluding hydrogens is 488 g/mol. The minimum absolute atomic E-state index is 0.0196. The summed E-state index contributed by atoms with van der Waals surface area (Å²) in [5.41, 5.74) is 0. The number of carbonyl (C=O) groups excluding carboxylic acids is 1. The third-order valence-corrected chi connectivity index (χ3v) is 9.99. The van der Waals surface area contributed by atoms with Gasteiger partial charge in [0, 0.05) is 34.0 Å². The maximum atomic E-state index is 12.1. The van der Waals surface area contributed by atoms with E-state index in [2.05, 4.69) is 31.2 Å². The average Bonchev–Trinajstić information content (AvgIpc) is 2.91. The minimum Gasteiger partial charge on any atom is -0.391 e. The van der Waals surface area contributed by atoms with E-state index in [4.69, 9.17) is 23.1 Å². The first kappa shape index (κ1) is 32.4. The number of hydrogen-bond donors (Lipinski definition) is 0. The van der Waals surface area contributed by atoms with Gasteiger partial charge in [-0.15, -0.1) is 0 Å². The van der Waals surface area contributed by atoms with Crippen LogP contribution in [0.1, 0.15) is 53.4 Å². The summed E-state index contributed by atoms with van der Waals surface area (Å²) in [7, 11) is 1.34. The van der Waals surface area contributed by atoms with Gasteiger partial charge in [-0.2, -0.15) is 0 Å². The molecule has 2 rings (SSSR count). The fourth-order valence-corrected chi connectivity index (χ4v) is 7.60. The third kappa shape index (κ3) is 8.73. The molecule has 0 radical (unpaired) electrons. The quantitative estimate of drug-likeness (QED) is 0.187. The Morgan fingerprint density at radius 3 is 1.61 bits per heavy atom. The summed E-state index contributed by atoms with van der Waals surface area (Å²) in [6.07, 6.45) is 3.80. The van der Waals surface area contributed by atoms with E-state index in [0.717, 1.165) is 36.1 Å². The normalized spacial score (nSPS) is 12.6. The smallest absolute Gasteiger partial charge is 0.391 e. The molecule has 0 amide bonds. The summed E-state index contributed by atoms with van der Waals surface area (Å²) in [6, 6.07) is 20.3. The molecule has 0 fully saturated rings. The SMILES string of the molecule is CCCCCC(OCC)C(OCC)(OCC)C(=O)[SiH3].CO[Si](OC)(c1ccccc1)c1ccccc1. The number of ether oxygens (including phenoxy) is 3. The maximum Gasteiger partial charge on any atom is 0.406 e. The van der Waals surface area contributed by atoms with Gasteiger partial charge >= 0.3 is 8.56 Å². The van der Waals surface area contributed by atoms with Crippen molar-refractivity contribution < 1.29 is 27.9 Å². The van der Waals surface area contributed by atoms with Crippen LogP contribution in [0.2, 0.25) is 0 Å². The van der Waals surface area contributed by atoms with Crippen molar-refractivity contribution in [1.82, 2.24) is 0 Å². The lowest BCUT2D eigenvalue weighted by Gasteiger charge is -2.37. The van der Waals surface area contributed by atoms with Crippen molar-refractivity contribution >= 4 is 34.6 Å². The van der Waals surface area contributed by atoms with Crippen LogP contribution in [0.4, 0.5) is 0 Å². The molecule has 0 N–H and O–H groups in total. The molecule has 0 spiro atoms. The molecule has 36 heavy (non-hydrogen) atoms. The zero-order valence-electron chi connectivity index (χ0n) is 23.3. The summed E-state index contributed by atoms with van der Waals surface area (Å²) >= 11 is 0. The zero-order chi connectivity index (χ0) is 26.9. The summed E-state index contributed by atoms with van der Waals surface area (Å²) < 4.78 is 28.8. The Morgan fingerprint density at radius 2 is 1.28 bits per heavy atom. The van der Waals surface area contributed by atoms with Gasteiger partial charge in [-0.05, 0) is 37.6 Å². The molecule has 0 bridgehead atoms. The molecule has 0 aliphatic heterocycles. The minimum atomic E-state index is -2.50. The fraction of sp³-hybridized carbons (Fsp3) is 0.536. The second-order valence-corrected chi connectivity index (χ2v) is 12.4. The molecule has 1 atom stereocenters. The zero-order valence-corrected chi connectivity index (χ0v) is 26.3. The summed E-state index contributed by atoms with van der Waals surface area (Å²) in [5, 5.41) is 2.26. The van der Waals surface area contributed by atoms with Crippen LogP contribution in [-0.4, -0.2) is 70.1 Å². The summed E-state index contributed by atoms with van der Waals surface area (Å²) in [4.78, 5) is 12.1. The number of rotatable bonds is 16. The van der Waals surface area contributed by atoms with Crippen LogP contribution in [0.25, 0.3) is 0 Å². The number of benzene rings is 2. The maximum absolute atomic E-state index is 12.1. The van der Waals surface area contributed by atoms with Gasteiger partial charge < -0.3 is 27.9 Å². The van der Waals surface area contributed by atoms with E-state index < -0.39 is 14.3 Å². The van der Waals surface area contributed by atoms with E-state index in [9.17, 15) is 4.79 Å². The van der Waals surface area contributed by atoms with Gasteiger partial charge in [0.2, 0.25) is 5.79 Å². The van der Waals surface area contributed by atoms with Crippen LogP contribution in [0.15, 0.2) is 60.7 Å². The summed E-state index contributed by atoms with van der Waals surface area (Å²) in [5.74, 6) is -1.18. The predicted molar refractivity (Wildman–Crippen MR) is 152 cm³/mol. The van der Waals surface area contributed by atoms with Gasteiger partial charge in [-0.1, -0.05) is 86.8 Å². The highest BCUT2D eigenvalue weighted by atomic mass is 28.4. The van der Waals surface area contributed by atoms with Crippen LogP contribution in [0, 0.1) is 0 Å². The monoisotopic (exact) mass is 534 g/mol. The van der Waals surface area contributed by atoms with E-state index in [0.29, 0.717) is 30.1 Å². The average molecular weight is 535 g/mol. The lowest BCUT2D eigenvalue weighted by molar-refractivity contribution is -0.267. The molecule has 1 unspecified atom stereocenters. The second kappa shape index (κ2) is 17.7. The molecule has 2 aromatic carbocycles. The Hall–Kier alpha value is -1.66. The van der Waals surface area contributed by atoms with Crippen LogP contribution in [-0.2, 0) is 27.9 Å². The molecule has 8 heteroatoms. The fourth-order valence-electron chi connectivity index (χ4n) is 4.29. The Bertz CT molecular complexity index is 783. The first-order chi connectivity index (χ1) is 17.4. The number of hydrogen-bond acceptors (Lipinski definition) is 6. The molecule has 0 saturated heterocycles. The topological polar surface area (TPSA) is 63.2 Å². The summed E-state index contributed by atoms with van der Waals surface area (Å²) in [6.45, 7) is 9.32. The molecule has 2 aromatic rings. The highest BCUT2D eigenvalue weighted by molar-refractivity contribution is 6.92. The van der Waals surface area contributed by atoms with Crippen LogP contribution in [0.5, 0.6) is 0 Å². The van der Waals surface area contributed by atoms with E-state index in [1.807, 2.05) is 57.2 Å². The Morgan fingerprint density at radius 1 is 0.806 bits per heavy atom. The third-order valence-electron chi connectivity index (χ3n) is 5.95. The highest BCUT2D eigenvalue weighted by Gasteiger charge is 2.45. The van der Waals surface area contributed by atoms with Gasteiger partial charge in [-0.3, -0.25) is 0 Å². The van der Waals surface area contributed by atoms with Gasteiger partial charge in [0.15, 0.2) is 5.41 Å². The second-order valence-electron chi connectivity index (χ2n) is 8.29. The van der Waals surface area contributed by atoms with E-state index in [-0.39, 0.29) is 11.5 Å². The Labute approximate surface area is 222 Å². The number of unbranched alkanes of at least 4 members (excludes halogenated alkanes) is 2. The number of carbonyl (C=O) groups is 1. The lowest BCUT2D eigenvalue weighted by atomic mass is 10.0. The molecule has 0 aliphatic carbocycles. The van der Waals surface area contributed by atoms with Crippen LogP contribution < -0.4 is 10.4 Å². The molecular formula is C28H46O6Si2. The highest BCUT2D eigenvalue weighted by Crippen LogP contribution is 2.26. The molecule has 0 aromatic heterocycles. The van der Waals surface area contributed by atoms with Gasteiger partial charge in [-0.25, -0.2) is 0 Å². The van der Waals surface area contributed by atoms with Crippen LogP contribution in [0.3, 0.4) is 0 Å². The van der Waals surface area contributed by atoms with Crippen molar-refractivity contribution in [3.8, 4) is 0 Å². The van der Waals surface area contributed by atoms with Gasteiger partial charge in [0.1, 0.15) is 6.10 Å². The largest absolute Gasteiger partial charge is 0.406 e. The first-order valence-corrected chi connectivity index (χ1v) is 15.9. The lowest BCUT2D eigenvalue weighted by Crippen LogP contribution is -2.62. The van der Waals surface area contributed by atoms with Crippen LogP contribution >= 0.6 is 0 Å². The van der Waals surface area contributed by atoms with Crippen molar-refractivity contribution in [2.45, 2.75) is 65.3 Å². The van der Waals surface area contributed by atoms with Crippen molar-refractivity contribution in [2.24, 2.45) is 0 Å². The first-order valence-electron chi connectivity index (χ1n) is 13.0. The molecule has 0 heterocycles. The van der Waals surface area contributed by atoms with E-state index >= 15 is 0 Å². The standard InChI is InChI=1S/C14H30O4Si.C14H16O2Si/c1-5-9-10-11-12(16-6-2)14(13(15)19,17-7-3)18-8-4;1-15-17(16-2,13-9-5-3-6-10-13)14-11-7-4-8-12-14/h12H,5-11H2,1-4,19H3;3-12H,1-2H3. The molecule has 0 aliphatic rings. The van der Waals surface area contributed by atoms with Crippen molar-refractivity contribution in [1.29, 1.82) is 0 Å². The Kier molecular flexibility index (Phi) is 16.0.